The summed E-state index contributed by atoms with van der Waals surface area (Å²) in [5, 5.41) is 4.43. The van der Waals surface area contributed by atoms with Crippen LogP contribution in [0.3, 0.4) is 0 Å². The van der Waals surface area contributed by atoms with Crippen molar-refractivity contribution in [2.24, 2.45) is 18.7 Å². The molecule has 3 nitrogen and oxygen atoms in total. The number of halogens is 1. The number of hydrogen-bond acceptors (Lipinski definition) is 2. The van der Waals surface area contributed by atoms with E-state index in [4.69, 9.17) is 5.73 Å². The normalized spacial score (nSPS) is 13.3. The first kappa shape index (κ1) is 15.7. The summed E-state index contributed by atoms with van der Waals surface area (Å²) < 4.78 is 3.07. The molecule has 1 heterocycles. The second kappa shape index (κ2) is 7.29. The van der Waals surface area contributed by atoms with Crippen LogP contribution in [-0.2, 0) is 13.5 Å². The van der Waals surface area contributed by atoms with Crippen molar-refractivity contribution in [3.8, 4) is 0 Å². The zero-order valence-corrected chi connectivity index (χ0v) is 13.6. The molecule has 0 aliphatic carbocycles. The molecule has 0 amide bonds. The van der Waals surface area contributed by atoms with Crippen LogP contribution in [0.25, 0.3) is 0 Å². The minimum atomic E-state index is 0.232. The van der Waals surface area contributed by atoms with Crippen LogP contribution in [0, 0.1) is 12.8 Å². The van der Waals surface area contributed by atoms with Crippen molar-refractivity contribution in [1.29, 1.82) is 0 Å². The van der Waals surface area contributed by atoms with Gasteiger partial charge in [0.2, 0.25) is 0 Å². The van der Waals surface area contributed by atoms with Gasteiger partial charge in [-0.3, -0.25) is 4.68 Å². The van der Waals surface area contributed by atoms with Gasteiger partial charge in [0.05, 0.1) is 15.9 Å². The zero-order valence-electron chi connectivity index (χ0n) is 12.0. The molecule has 1 aromatic heterocycles. The van der Waals surface area contributed by atoms with Gasteiger partial charge in [0.15, 0.2) is 0 Å². The molecule has 0 aliphatic rings. The summed E-state index contributed by atoms with van der Waals surface area (Å²) in [4.78, 5) is 0. The lowest BCUT2D eigenvalue weighted by Crippen LogP contribution is -2.33. The van der Waals surface area contributed by atoms with Gasteiger partial charge in [-0.1, -0.05) is 26.7 Å². The van der Waals surface area contributed by atoms with Gasteiger partial charge in [0.25, 0.3) is 0 Å². The van der Waals surface area contributed by atoms with Crippen LogP contribution >= 0.6 is 15.9 Å². The number of hydrogen-bond donors (Lipinski definition) is 1. The van der Waals surface area contributed by atoms with Gasteiger partial charge in [0, 0.05) is 19.5 Å². The van der Waals surface area contributed by atoms with E-state index in [9.17, 15) is 0 Å². The van der Waals surface area contributed by atoms with E-state index in [1.807, 2.05) is 18.7 Å². The fourth-order valence-electron chi connectivity index (χ4n) is 2.61. The van der Waals surface area contributed by atoms with Crippen molar-refractivity contribution < 1.29 is 0 Å². The average molecular weight is 316 g/mol. The molecule has 0 bridgehead atoms. The molecule has 1 atom stereocenters. The van der Waals surface area contributed by atoms with Gasteiger partial charge in [-0.15, -0.1) is 0 Å². The summed E-state index contributed by atoms with van der Waals surface area (Å²) in [5.74, 6) is 0.627. The van der Waals surface area contributed by atoms with Crippen LogP contribution in [0.15, 0.2) is 4.47 Å². The first-order chi connectivity index (χ1) is 8.51. The highest BCUT2D eigenvalue weighted by Gasteiger charge is 2.20. The Morgan fingerprint density at radius 3 is 2.22 bits per heavy atom. The van der Waals surface area contributed by atoms with Gasteiger partial charge in [-0.25, -0.2) is 0 Å². The summed E-state index contributed by atoms with van der Waals surface area (Å²) >= 11 is 3.62. The van der Waals surface area contributed by atoms with Crippen LogP contribution in [0.2, 0.25) is 0 Å². The van der Waals surface area contributed by atoms with E-state index >= 15 is 0 Å². The summed E-state index contributed by atoms with van der Waals surface area (Å²) in [6, 6.07) is 0.232. The summed E-state index contributed by atoms with van der Waals surface area (Å²) in [5.41, 5.74) is 8.67. The molecule has 0 radical (unpaired) electrons. The Morgan fingerprint density at radius 1 is 1.28 bits per heavy atom. The third-order valence-corrected chi connectivity index (χ3v) is 4.65. The maximum Gasteiger partial charge on any atom is 0.0738 e. The molecule has 4 heteroatoms. The SMILES string of the molecule is CCCC(CCC)C(N)Cc1c(Br)c(C)nn1C. The maximum atomic E-state index is 6.41. The van der Waals surface area contributed by atoms with E-state index in [1.165, 1.54) is 31.4 Å². The Morgan fingerprint density at radius 2 is 1.83 bits per heavy atom. The fourth-order valence-corrected chi connectivity index (χ4v) is 3.10. The van der Waals surface area contributed by atoms with E-state index in [2.05, 4.69) is 34.9 Å². The molecule has 1 rings (SSSR count). The first-order valence-electron chi connectivity index (χ1n) is 6.94. The maximum absolute atomic E-state index is 6.41. The lowest BCUT2D eigenvalue weighted by molar-refractivity contribution is 0.355. The predicted molar refractivity (Wildman–Crippen MR) is 80.6 cm³/mol. The summed E-state index contributed by atoms with van der Waals surface area (Å²) in [6.07, 6.45) is 5.78. The van der Waals surface area contributed by atoms with Crippen molar-refractivity contribution in [2.45, 2.75) is 58.9 Å². The largest absolute Gasteiger partial charge is 0.327 e. The van der Waals surface area contributed by atoms with Crippen molar-refractivity contribution in [2.75, 3.05) is 0 Å². The number of rotatable bonds is 7. The minimum absolute atomic E-state index is 0.232. The minimum Gasteiger partial charge on any atom is -0.327 e. The van der Waals surface area contributed by atoms with Crippen molar-refractivity contribution in [3.63, 3.8) is 0 Å². The Hall–Kier alpha value is -0.350. The van der Waals surface area contributed by atoms with E-state index in [0.717, 1.165) is 16.6 Å². The van der Waals surface area contributed by atoms with Gasteiger partial charge >= 0.3 is 0 Å². The third kappa shape index (κ3) is 3.82. The van der Waals surface area contributed by atoms with E-state index in [1.54, 1.807) is 0 Å². The van der Waals surface area contributed by atoms with E-state index in [0.29, 0.717) is 5.92 Å². The van der Waals surface area contributed by atoms with Crippen molar-refractivity contribution in [3.05, 3.63) is 15.9 Å². The first-order valence-corrected chi connectivity index (χ1v) is 7.74. The molecule has 0 fully saturated rings. The van der Waals surface area contributed by atoms with Crippen LogP contribution in [0.5, 0.6) is 0 Å². The Balaban J connectivity index is 2.75. The number of nitrogens with two attached hydrogens (primary N) is 1. The van der Waals surface area contributed by atoms with Crippen molar-refractivity contribution in [1.82, 2.24) is 9.78 Å². The second-order valence-corrected chi connectivity index (χ2v) is 5.97. The highest BCUT2D eigenvalue weighted by atomic mass is 79.9. The molecule has 0 aromatic carbocycles. The molecule has 1 unspecified atom stereocenters. The highest BCUT2D eigenvalue weighted by Crippen LogP contribution is 2.25. The second-order valence-electron chi connectivity index (χ2n) is 5.18. The van der Waals surface area contributed by atoms with Gasteiger partial charge in [-0.2, -0.15) is 5.10 Å². The van der Waals surface area contributed by atoms with Crippen LogP contribution in [0.4, 0.5) is 0 Å². The molecular formula is C14H26BrN3. The van der Waals surface area contributed by atoms with Crippen LogP contribution < -0.4 is 5.73 Å². The monoisotopic (exact) mass is 315 g/mol. The molecular weight excluding hydrogens is 290 g/mol. The lowest BCUT2D eigenvalue weighted by Gasteiger charge is -2.23. The standard InChI is InChI=1S/C14H26BrN3/c1-5-7-11(8-6-2)12(16)9-13-14(15)10(3)17-18(13)4/h11-12H,5-9,16H2,1-4H3. The van der Waals surface area contributed by atoms with Gasteiger partial charge < -0.3 is 5.73 Å². The quantitative estimate of drug-likeness (QED) is 0.835. The predicted octanol–water partition coefficient (Wildman–Crippen LogP) is 3.58. The number of aryl methyl sites for hydroxylation is 2. The van der Waals surface area contributed by atoms with Gasteiger partial charge in [-0.05, 0) is 41.6 Å². The third-order valence-electron chi connectivity index (χ3n) is 3.62. The Bertz CT molecular complexity index is 367. The number of aromatic nitrogens is 2. The van der Waals surface area contributed by atoms with Crippen LogP contribution in [0.1, 0.15) is 50.9 Å². The molecule has 104 valence electrons. The van der Waals surface area contributed by atoms with Crippen LogP contribution in [-0.4, -0.2) is 15.8 Å². The van der Waals surface area contributed by atoms with E-state index < -0.39 is 0 Å². The Labute approximate surface area is 119 Å². The molecule has 2 N–H and O–H groups in total. The lowest BCUT2D eigenvalue weighted by atomic mass is 9.88. The molecule has 1 aromatic rings. The van der Waals surface area contributed by atoms with E-state index in [-0.39, 0.29) is 6.04 Å². The molecule has 0 saturated carbocycles. The Kier molecular flexibility index (Phi) is 6.36. The molecule has 0 spiro atoms. The summed E-state index contributed by atoms with van der Waals surface area (Å²) in [6.45, 7) is 6.49. The molecule has 0 aliphatic heterocycles. The molecule has 0 saturated heterocycles. The zero-order chi connectivity index (χ0) is 13.7. The highest BCUT2D eigenvalue weighted by molar-refractivity contribution is 9.10. The average Bonchev–Trinajstić information content (AvgIpc) is 2.55. The fraction of sp³-hybridized carbons (Fsp3) is 0.786. The smallest absolute Gasteiger partial charge is 0.0738 e. The summed E-state index contributed by atoms with van der Waals surface area (Å²) in [7, 11) is 1.99. The van der Waals surface area contributed by atoms with Gasteiger partial charge in [0.1, 0.15) is 0 Å². The van der Waals surface area contributed by atoms with Crippen molar-refractivity contribution >= 4 is 15.9 Å². The number of nitrogens with zero attached hydrogens (tertiary/aromatic N) is 2. The molecule has 18 heavy (non-hydrogen) atoms. The topological polar surface area (TPSA) is 43.8 Å².